The van der Waals surface area contributed by atoms with Gasteiger partial charge in [0.05, 0.1) is 6.04 Å². The molecule has 140 valence electrons. The molecule has 0 unspecified atom stereocenters. The Balaban J connectivity index is 1.92. The zero-order valence-electron chi connectivity index (χ0n) is 14.4. The molecule has 1 aromatic carbocycles. The molecule has 1 atom stereocenters. The predicted molar refractivity (Wildman–Crippen MR) is 91.4 cm³/mol. The van der Waals surface area contributed by atoms with Crippen molar-refractivity contribution in [2.45, 2.75) is 39.5 Å². The van der Waals surface area contributed by atoms with E-state index >= 15 is 0 Å². The molecular formula is C18H20F2N2O4. The number of halogens is 2. The number of aromatic nitrogens is 1. The molecule has 0 spiro atoms. The molecule has 26 heavy (non-hydrogen) atoms. The van der Waals surface area contributed by atoms with Crippen LogP contribution in [0, 0.1) is 6.92 Å². The molecule has 0 aliphatic heterocycles. The maximum Gasteiger partial charge on any atom is 0.387 e. The number of carbonyl (C=O) groups is 1. The molecule has 6 nitrogen and oxygen atoms in total. The molecule has 2 rings (SSSR count). The topological polar surface area (TPSA) is 80.6 Å². The standard InChI is InChI=1S/C18H20F2N2O4/c1-11-9-14(23)10-17(25)22(11)8-7-16(24)21-12(2)13-3-5-15(6-4-13)26-18(19)20/h3-6,9-10,12,18,23H,7-8H2,1-2H3,(H,21,24)/t12-/m1/s1. The second-order valence-electron chi connectivity index (χ2n) is 5.83. The van der Waals surface area contributed by atoms with Crippen LogP contribution in [-0.4, -0.2) is 22.2 Å². The summed E-state index contributed by atoms with van der Waals surface area (Å²) in [6.45, 7) is 0.735. The van der Waals surface area contributed by atoms with Crippen LogP contribution in [0.2, 0.25) is 0 Å². The number of alkyl halides is 2. The summed E-state index contributed by atoms with van der Waals surface area (Å²) in [7, 11) is 0. The molecule has 1 aromatic heterocycles. The Labute approximate surface area is 149 Å². The molecule has 0 fully saturated rings. The zero-order valence-corrected chi connectivity index (χ0v) is 14.4. The quantitative estimate of drug-likeness (QED) is 0.790. The van der Waals surface area contributed by atoms with Gasteiger partial charge in [-0.05, 0) is 37.6 Å². The van der Waals surface area contributed by atoms with Gasteiger partial charge in [-0.15, -0.1) is 0 Å². The number of hydrogen-bond donors (Lipinski definition) is 2. The fourth-order valence-corrected chi connectivity index (χ4v) is 2.55. The lowest BCUT2D eigenvalue weighted by Crippen LogP contribution is -2.29. The number of aryl methyl sites for hydroxylation is 1. The Morgan fingerprint density at radius 3 is 2.50 bits per heavy atom. The molecule has 0 saturated carbocycles. The van der Waals surface area contributed by atoms with Gasteiger partial charge in [-0.2, -0.15) is 8.78 Å². The second kappa shape index (κ2) is 8.46. The van der Waals surface area contributed by atoms with Gasteiger partial charge in [-0.3, -0.25) is 9.59 Å². The summed E-state index contributed by atoms with van der Waals surface area (Å²) < 4.78 is 30.0. The van der Waals surface area contributed by atoms with Gasteiger partial charge in [0.1, 0.15) is 11.5 Å². The number of carbonyl (C=O) groups excluding carboxylic acids is 1. The van der Waals surface area contributed by atoms with E-state index in [4.69, 9.17) is 0 Å². The van der Waals surface area contributed by atoms with Crippen LogP contribution in [0.4, 0.5) is 8.78 Å². The third-order valence-electron chi connectivity index (χ3n) is 3.87. The van der Waals surface area contributed by atoms with Gasteiger partial charge < -0.3 is 19.7 Å². The summed E-state index contributed by atoms with van der Waals surface area (Å²) in [6, 6.07) is 8.21. The van der Waals surface area contributed by atoms with E-state index in [-0.39, 0.29) is 42.0 Å². The molecule has 0 saturated heterocycles. The van der Waals surface area contributed by atoms with Gasteiger partial charge in [0, 0.05) is 24.7 Å². The highest BCUT2D eigenvalue weighted by Gasteiger charge is 2.12. The Bertz CT molecular complexity index is 819. The van der Waals surface area contributed by atoms with Crippen molar-refractivity contribution in [2.75, 3.05) is 0 Å². The second-order valence-corrected chi connectivity index (χ2v) is 5.83. The Morgan fingerprint density at radius 2 is 1.92 bits per heavy atom. The van der Waals surface area contributed by atoms with Crippen molar-refractivity contribution >= 4 is 5.91 Å². The molecule has 2 aromatic rings. The van der Waals surface area contributed by atoms with Gasteiger partial charge in [-0.1, -0.05) is 12.1 Å². The number of ether oxygens (including phenoxy) is 1. The van der Waals surface area contributed by atoms with E-state index < -0.39 is 6.61 Å². The van der Waals surface area contributed by atoms with Crippen LogP contribution < -0.4 is 15.6 Å². The summed E-state index contributed by atoms with van der Waals surface area (Å²) >= 11 is 0. The number of nitrogens with one attached hydrogen (secondary N) is 1. The monoisotopic (exact) mass is 366 g/mol. The maximum absolute atomic E-state index is 12.1. The van der Waals surface area contributed by atoms with Gasteiger partial charge in [0.2, 0.25) is 5.91 Å². The van der Waals surface area contributed by atoms with Crippen molar-refractivity contribution < 1.29 is 23.4 Å². The lowest BCUT2D eigenvalue weighted by molar-refractivity contribution is -0.122. The summed E-state index contributed by atoms with van der Waals surface area (Å²) in [6.07, 6.45) is 0.0858. The lowest BCUT2D eigenvalue weighted by Gasteiger charge is -2.16. The van der Waals surface area contributed by atoms with E-state index in [0.29, 0.717) is 5.69 Å². The minimum atomic E-state index is -2.88. The Kier molecular flexibility index (Phi) is 6.32. The molecular weight excluding hydrogens is 346 g/mol. The summed E-state index contributed by atoms with van der Waals surface area (Å²) in [5.74, 6) is -0.324. The molecule has 8 heteroatoms. The van der Waals surface area contributed by atoms with Crippen molar-refractivity contribution in [2.24, 2.45) is 0 Å². The first-order chi connectivity index (χ1) is 12.3. The van der Waals surface area contributed by atoms with E-state index in [1.807, 2.05) is 0 Å². The Hall–Kier alpha value is -2.90. The maximum atomic E-state index is 12.1. The highest BCUT2D eigenvalue weighted by Crippen LogP contribution is 2.19. The molecule has 1 amide bonds. The predicted octanol–water partition coefficient (Wildman–Crippen LogP) is 2.73. The number of aromatic hydroxyl groups is 1. The van der Waals surface area contributed by atoms with Gasteiger partial charge >= 0.3 is 6.61 Å². The smallest absolute Gasteiger partial charge is 0.387 e. The lowest BCUT2D eigenvalue weighted by atomic mass is 10.1. The van der Waals surface area contributed by atoms with Gasteiger partial charge in [-0.25, -0.2) is 0 Å². The van der Waals surface area contributed by atoms with Crippen molar-refractivity contribution in [3.05, 3.63) is 58.0 Å². The number of amides is 1. The van der Waals surface area contributed by atoms with Crippen LogP contribution in [-0.2, 0) is 11.3 Å². The largest absolute Gasteiger partial charge is 0.508 e. The average molecular weight is 366 g/mol. The molecule has 0 bridgehead atoms. The van der Waals surface area contributed by atoms with Crippen LogP contribution in [0.1, 0.15) is 30.6 Å². The fourth-order valence-electron chi connectivity index (χ4n) is 2.55. The SMILES string of the molecule is Cc1cc(O)cc(=O)n1CCC(=O)N[C@H](C)c1ccc(OC(F)F)cc1. The van der Waals surface area contributed by atoms with Crippen molar-refractivity contribution in [1.82, 2.24) is 9.88 Å². The van der Waals surface area contributed by atoms with E-state index in [1.54, 1.807) is 26.0 Å². The molecule has 2 N–H and O–H groups in total. The number of pyridine rings is 1. The van der Waals surface area contributed by atoms with Gasteiger partial charge in [0.15, 0.2) is 0 Å². The first-order valence-corrected chi connectivity index (χ1v) is 8.01. The number of rotatable bonds is 7. The Morgan fingerprint density at radius 1 is 1.27 bits per heavy atom. The first kappa shape index (κ1) is 19.4. The third kappa shape index (κ3) is 5.30. The van der Waals surface area contributed by atoms with E-state index in [1.165, 1.54) is 22.8 Å². The normalized spacial score (nSPS) is 12.0. The van der Waals surface area contributed by atoms with Crippen LogP contribution in [0.5, 0.6) is 11.5 Å². The van der Waals surface area contributed by atoms with Gasteiger partial charge in [0.25, 0.3) is 5.56 Å². The number of benzene rings is 1. The van der Waals surface area contributed by atoms with Crippen molar-refractivity contribution in [3.8, 4) is 11.5 Å². The van der Waals surface area contributed by atoms with Crippen molar-refractivity contribution in [1.29, 1.82) is 0 Å². The first-order valence-electron chi connectivity index (χ1n) is 8.01. The molecule has 0 aliphatic rings. The fraction of sp³-hybridized carbons (Fsp3) is 0.333. The van der Waals surface area contributed by atoms with Crippen LogP contribution in [0.3, 0.4) is 0 Å². The highest BCUT2D eigenvalue weighted by atomic mass is 19.3. The zero-order chi connectivity index (χ0) is 19.3. The van der Waals surface area contributed by atoms with Crippen molar-refractivity contribution in [3.63, 3.8) is 0 Å². The van der Waals surface area contributed by atoms with Crippen LogP contribution >= 0.6 is 0 Å². The number of hydrogen-bond acceptors (Lipinski definition) is 4. The average Bonchev–Trinajstić information content (AvgIpc) is 2.53. The minimum absolute atomic E-state index is 0.0458. The highest BCUT2D eigenvalue weighted by molar-refractivity contribution is 5.76. The number of nitrogens with zero attached hydrogens (tertiary/aromatic N) is 1. The van der Waals surface area contributed by atoms with E-state index in [0.717, 1.165) is 11.6 Å². The molecule has 0 radical (unpaired) electrons. The molecule has 1 heterocycles. The minimum Gasteiger partial charge on any atom is -0.508 e. The summed E-state index contributed by atoms with van der Waals surface area (Å²) in [4.78, 5) is 23.9. The van der Waals surface area contributed by atoms with Crippen LogP contribution in [0.25, 0.3) is 0 Å². The van der Waals surface area contributed by atoms with Crippen LogP contribution in [0.15, 0.2) is 41.2 Å². The van der Waals surface area contributed by atoms with E-state index in [9.17, 15) is 23.5 Å². The summed E-state index contributed by atoms with van der Waals surface area (Å²) in [5, 5.41) is 12.1. The molecule has 0 aliphatic carbocycles. The summed E-state index contributed by atoms with van der Waals surface area (Å²) in [5.41, 5.74) is 0.918. The van der Waals surface area contributed by atoms with E-state index in [2.05, 4.69) is 10.1 Å². The third-order valence-corrected chi connectivity index (χ3v) is 3.87.